The van der Waals surface area contributed by atoms with E-state index in [1.807, 2.05) is 5.43 Å². The number of alkyl halides is 3. The summed E-state index contributed by atoms with van der Waals surface area (Å²) in [5.74, 6) is -23.7. The molecule has 46 heteroatoms. The van der Waals surface area contributed by atoms with Crippen molar-refractivity contribution in [1.29, 1.82) is 0 Å². The molecular formula is C83H87Cl2F4N13O27. The van der Waals surface area contributed by atoms with Gasteiger partial charge in [0.25, 0.3) is 11.8 Å². The van der Waals surface area contributed by atoms with Gasteiger partial charge in [0.2, 0.25) is 53.4 Å². The Balaban J connectivity index is 1.00. The molecule has 0 aromatic heterocycles. The minimum atomic E-state index is -5.21. The number of nitrogens with two attached hydrogens (primary N) is 2. The molecule has 0 radical (unpaired) electrons. The summed E-state index contributed by atoms with van der Waals surface area (Å²) in [5.41, 5.74) is 9.93. The van der Waals surface area contributed by atoms with Crippen molar-refractivity contribution >= 4 is 93.9 Å². The molecule has 0 spiro atoms. The first-order valence-electron chi connectivity index (χ1n) is 39.4. The largest absolute Gasteiger partial charge is 0.573 e. The maximum atomic E-state index is 16.3. The summed E-state index contributed by atoms with van der Waals surface area (Å²) >= 11 is 14.3. The van der Waals surface area contributed by atoms with E-state index in [0.29, 0.717) is 23.8 Å². The maximum Gasteiger partial charge on any atom is 0.573 e. The summed E-state index contributed by atoms with van der Waals surface area (Å²) in [5, 5.41) is 129. The molecular weight excluding hydrogens is 1760 g/mol. The molecule has 0 aliphatic carbocycles. The van der Waals surface area contributed by atoms with Crippen molar-refractivity contribution in [2.24, 2.45) is 17.4 Å². The highest BCUT2D eigenvalue weighted by atomic mass is 35.5. The Labute approximate surface area is 737 Å². The number of anilines is 1. The monoisotopic (exact) mass is 1840 g/mol. The van der Waals surface area contributed by atoms with Crippen LogP contribution in [0.15, 0.2) is 121 Å². The van der Waals surface area contributed by atoms with Gasteiger partial charge in [0.1, 0.15) is 95.5 Å². The lowest BCUT2D eigenvalue weighted by Gasteiger charge is -2.48. The molecule has 7 aromatic rings. The number of aromatic hydroxyl groups is 3. The number of amides is 11. The first kappa shape index (κ1) is 95.3. The Bertz CT molecular complexity index is 5540. The van der Waals surface area contributed by atoms with Gasteiger partial charge in [0, 0.05) is 46.9 Å². The average molecular weight is 1850 g/mol. The molecule has 18 atom stereocenters. The number of rotatable bonds is 19. The van der Waals surface area contributed by atoms with E-state index >= 15 is 24.0 Å². The van der Waals surface area contributed by atoms with Crippen LogP contribution >= 0.6 is 23.2 Å². The lowest BCUT2D eigenvalue weighted by Crippen LogP contribution is -2.65. The number of hydrogen-bond donors (Lipinski definition) is 22. The highest BCUT2D eigenvalue weighted by Gasteiger charge is 2.53. The van der Waals surface area contributed by atoms with Crippen LogP contribution in [0.5, 0.6) is 51.7 Å². The molecule has 7 aliphatic rings. The van der Waals surface area contributed by atoms with E-state index in [0.717, 1.165) is 72.8 Å². The number of hydrogen-bond acceptors (Lipinski definition) is 29. The van der Waals surface area contributed by atoms with Crippen LogP contribution in [0.25, 0.3) is 11.1 Å². The Morgan fingerprint density at radius 2 is 1.31 bits per heavy atom. The van der Waals surface area contributed by atoms with E-state index in [1.165, 1.54) is 32.2 Å². The number of phenols is 3. The SMILES string of the molecule is CN[C@H](CC(C)C)C(=O)N[C@H]1C(=O)N[C@@H](CC(N)=O)C(=O)N[C@H]2C(=O)N[C@H]3C(=O)N[C@H](C(=O)N[C@@H](C(=O)NNC(=O)C(N)=O)c4cc(O)cc(O)c4-c4cc3ccc4O)[C@H](O)c3ccc(c(Cl)c3)Oc3cc2cc(c3O[C@@H]2O[C@H](CO)[C@@H](O)[C@H](O)[C@H]2O[C@H]2C[C@](C)(NCc3ccc(NC(=O)c4ccc(OC(F)(F)F)c(F)c4)cc3)[C@H](O)[C@H](C)O2)Oc2ccc(cc2Cl)[C@H]1O. The third-order valence-electron chi connectivity index (χ3n) is 21.6. The van der Waals surface area contributed by atoms with Crippen molar-refractivity contribution in [3.63, 3.8) is 0 Å². The van der Waals surface area contributed by atoms with Crippen LogP contribution in [-0.2, 0) is 68.7 Å². The van der Waals surface area contributed by atoms with Gasteiger partial charge in [-0.1, -0.05) is 67.4 Å². The van der Waals surface area contributed by atoms with E-state index < -0.39 is 289 Å². The summed E-state index contributed by atoms with van der Waals surface area (Å²) in [4.78, 5) is 157. The smallest absolute Gasteiger partial charge is 0.508 e. The van der Waals surface area contributed by atoms with Gasteiger partial charge in [-0.25, -0.2) is 4.39 Å². The van der Waals surface area contributed by atoms with Crippen LogP contribution in [-0.4, -0.2) is 210 Å². The molecule has 7 aromatic carbocycles. The van der Waals surface area contributed by atoms with E-state index in [4.69, 9.17) is 63.1 Å². The average Bonchev–Trinajstić information content (AvgIpc) is 0.763. The van der Waals surface area contributed by atoms with Crippen molar-refractivity contribution in [2.45, 2.75) is 169 Å². The molecule has 14 rings (SSSR count). The summed E-state index contributed by atoms with van der Waals surface area (Å²) in [6.45, 7) is 5.50. The quantitative estimate of drug-likeness (QED) is 0.0312. The Hall–Kier alpha value is -12.8. The number of benzene rings is 7. The van der Waals surface area contributed by atoms with Gasteiger partial charge in [-0.3, -0.25) is 63.6 Å². The van der Waals surface area contributed by atoms with Gasteiger partial charge >= 0.3 is 18.2 Å². The van der Waals surface area contributed by atoms with Gasteiger partial charge < -0.3 is 138 Å². The number of fused-ring (bicyclic) bond motifs is 15. The predicted octanol–water partition coefficient (Wildman–Crippen LogP) is 1.78. The zero-order chi connectivity index (χ0) is 93.9. The molecule has 688 valence electrons. The van der Waals surface area contributed by atoms with Gasteiger partial charge in [0.05, 0.1) is 41.3 Å². The van der Waals surface area contributed by atoms with Gasteiger partial charge in [-0.2, -0.15) is 0 Å². The summed E-state index contributed by atoms with van der Waals surface area (Å²) in [6, 6.07) is 6.02. The zero-order valence-electron chi connectivity index (χ0n) is 68.3. The summed E-state index contributed by atoms with van der Waals surface area (Å²) in [6.07, 6.45) is -25.4. The molecule has 11 bridgehead atoms. The fourth-order valence-electron chi connectivity index (χ4n) is 15.0. The molecule has 2 fully saturated rings. The number of halogens is 6. The second kappa shape index (κ2) is 39.4. The number of nitrogens with one attached hydrogen (secondary N) is 11. The highest BCUT2D eigenvalue weighted by Crippen LogP contribution is 2.50. The van der Waals surface area contributed by atoms with E-state index in [2.05, 4.69) is 52.6 Å². The molecule has 40 nitrogen and oxygen atoms in total. The molecule has 2 saturated heterocycles. The first-order chi connectivity index (χ1) is 60.9. The first-order valence-corrected chi connectivity index (χ1v) is 40.2. The highest BCUT2D eigenvalue weighted by molar-refractivity contribution is 6.34. The van der Waals surface area contributed by atoms with Gasteiger partial charge in [-0.05, 0) is 152 Å². The molecule has 0 unspecified atom stereocenters. The second-order valence-electron chi connectivity index (χ2n) is 31.3. The topological polar surface area (TPSA) is 619 Å². The second-order valence-corrected chi connectivity index (χ2v) is 32.1. The Morgan fingerprint density at radius 3 is 1.91 bits per heavy atom. The predicted molar refractivity (Wildman–Crippen MR) is 437 cm³/mol. The zero-order valence-corrected chi connectivity index (χ0v) is 69.8. The van der Waals surface area contributed by atoms with Crippen molar-refractivity contribution in [2.75, 3.05) is 19.0 Å². The number of ether oxygens (including phenoxy) is 7. The Kier molecular flexibility index (Phi) is 29.1. The number of hydrazine groups is 1. The number of aliphatic hydroxyl groups is 6. The van der Waals surface area contributed by atoms with Crippen LogP contribution in [0.1, 0.15) is 121 Å². The van der Waals surface area contributed by atoms with Crippen molar-refractivity contribution < 1.29 is 149 Å². The normalized spacial score (nSPS) is 25.5. The van der Waals surface area contributed by atoms with Crippen LogP contribution < -0.4 is 89.1 Å². The number of phenolic OH excluding ortho intramolecular Hbond substituents is 3. The third kappa shape index (κ3) is 21.8. The number of likely N-dealkylation sites (N-methyl/N-ethyl adjacent to an activating group) is 1. The minimum Gasteiger partial charge on any atom is -0.508 e. The molecule has 0 saturated carbocycles. The Morgan fingerprint density at radius 1 is 0.682 bits per heavy atom. The van der Waals surface area contributed by atoms with Crippen LogP contribution in [0.3, 0.4) is 0 Å². The van der Waals surface area contributed by atoms with Crippen molar-refractivity contribution in [1.82, 2.24) is 53.4 Å². The minimum absolute atomic E-state index is 0.0473. The lowest BCUT2D eigenvalue weighted by atomic mass is 9.84. The van der Waals surface area contributed by atoms with Gasteiger partial charge in [-0.15, -0.1) is 13.2 Å². The third-order valence-corrected chi connectivity index (χ3v) is 22.2. The standard InChI is InChI=1S/C83H87Cl2F4N13O27/c1-31(2)18-46(92-5)73(115)99-62-64(108)35-9-15-50(43(84)20-35)124-53-23-38-24-54(68(53)128-81-69(67(111)66(110)55(30-103)126-81)127-57-28-82(4,70(112)32(3)123-57)93-29-33-6-12-39(13-7-33)94-72(114)37-11-17-52(45(86)22-37)129-83(87,88)89)125-51-16-10-36(21-44(51)85)65(109)63-78(120)98-61(79(121)101-102-80(122)71(91)113)42-25-40(104)26-49(106)58(42)41-19-34(8-14-48(41)105)59(75(117)100-63)97-76(118)60(38)96-74(116)47(27-56(90)107)95-77(62)119/h6-17,19-26,31-32,46-47,55,57,59-67,69-70,81,92-93,103-106,108-112H,18,27-30H2,1-5H3,(H2,90,107)(H2,91,113)(H,94,114)(H,95,119)(H,96,116)(H,97,118)(H,98,120)(H,99,115)(H,100,117)(H,101,121)(H,102,122)/t32-,46+,47-,55+,57-,59+,60+,61+,62+,63-,64+,65+,66+,67-,69+,70+,81-,82-/m0/s1. The van der Waals surface area contributed by atoms with Gasteiger partial charge in [0.15, 0.2) is 35.5 Å². The van der Waals surface area contributed by atoms with E-state index in [1.54, 1.807) is 38.3 Å². The number of carbonyl (C=O) groups excluding carboxylic acids is 11. The summed E-state index contributed by atoms with van der Waals surface area (Å²) in [7, 11) is 1.44. The maximum absolute atomic E-state index is 16.3. The van der Waals surface area contributed by atoms with E-state index in [-0.39, 0.29) is 47.7 Å². The van der Waals surface area contributed by atoms with Crippen molar-refractivity contribution in [3.05, 3.63) is 176 Å². The molecule has 11 amide bonds. The number of aliphatic hydroxyl groups excluding tert-OH is 6. The number of carbonyl (C=O) groups is 11. The fraction of sp³-hybridized carbons (Fsp3) is 0.361. The molecule has 7 heterocycles. The van der Waals surface area contributed by atoms with Crippen LogP contribution in [0, 0.1) is 11.7 Å². The molecule has 24 N–H and O–H groups in total. The van der Waals surface area contributed by atoms with Crippen LogP contribution in [0.4, 0.5) is 23.2 Å². The molecule has 7 aliphatic heterocycles. The lowest BCUT2D eigenvalue weighted by molar-refractivity contribution is -0.334. The summed E-state index contributed by atoms with van der Waals surface area (Å²) < 4.78 is 96.0. The van der Waals surface area contributed by atoms with Crippen LogP contribution in [0.2, 0.25) is 10.0 Å². The fourth-order valence-corrected chi connectivity index (χ4v) is 15.4. The van der Waals surface area contributed by atoms with E-state index in [9.17, 15) is 92.3 Å². The number of primary amides is 2. The molecule has 129 heavy (non-hydrogen) atoms. The van der Waals surface area contributed by atoms with Crippen molar-refractivity contribution in [3.8, 4) is 62.9 Å².